The zero-order valence-electron chi connectivity index (χ0n) is 12.9. The van der Waals surface area contributed by atoms with Gasteiger partial charge in [-0.3, -0.25) is 4.79 Å². The third kappa shape index (κ3) is 5.23. The van der Waals surface area contributed by atoms with E-state index in [2.05, 4.69) is 26.5 Å². The van der Waals surface area contributed by atoms with Gasteiger partial charge in [-0.2, -0.15) is 5.10 Å². The van der Waals surface area contributed by atoms with E-state index < -0.39 is 0 Å². The molecule has 126 valence electrons. The van der Waals surface area contributed by atoms with E-state index in [1.165, 1.54) is 6.21 Å². The number of hydrogen-bond donors (Lipinski definition) is 1. The molecule has 4 nitrogen and oxygen atoms in total. The molecule has 0 spiro atoms. The molecule has 0 atom stereocenters. The van der Waals surface area contributed by atoms with Crippen LogP contribution in [0.4, 0.5) is 0 Å². The molecule has 0 radical (unpaired) electrons. The average molecular weight is 430 g/mol. The molecular formula is C17H15BrCl2N2O2. The number of hydrazone groups is 1. The quantitative estimate of drug-likeness (QED) is 0.527. The second kappa shape index (κ2) is 9.06. The highest BCUT2D eigenvalue weighted by atomic mass is 79.9. The fourth-order valence-corrected chi connectivity index (χ4v) is 2.85. The van der Waals surface area contributed by atoms with Crippen molar-refractivity contribution in [1.29, 1.82) is 0 Å². The van der Waals surface area contributed by atoms with Crippen LogP contribution in [0.25, 0.3) is 0 Å². The number of carbonyl (C=O) groups is 1. The molecule has 0 saturated heterocycles. The standard InChI is InChI=1S/C17H15BrCl2N2O2/c1-2-11-8-12(18)6-7-16(11)24-10-17(23)22-21-9-13-14(19)4-3-5-15(13)20/h3-9H,2,10H2,1H3,(H,22,23)/b21-9+. The van der Waals surface area contributed by atoms with Crippen LogP contribution in [0.2, 0.25) is 10.0 Å². The molecule has 0 bridgehead atoms. The number of benzene rings is 2. The molecular weight excluding hydrogens is 415 g/mol. The van der Waals surface area contributed by atoms with Gasteiger partial charge in [0.05, 0.1) is 16.3 Å². The van der Waals surface area contributed by atoms with Crippen molar-refractivity contribution in [3.05, 3.63) is 62.0 Å². The second-order valence-corrected chi connectivity index (χ2v) is 6.55. The number of aryl methyl sites for hydroxylation is 1. The maximum atomic E-state index is 11.8. The lowest BCUT2D eigenvalue weighted by Gasteiger charge is -2.10. The molecule has 1 amide bonds. The summed E-state index contributed by atoms with van der Waals surface area (Å²) >= 11 is 15.4. The Balaban J connectivity index is 1.91. The van der Waals surface area contributed by atoms with Crippen LogP contribution in [-0.2, 0) is 11.2 Å². The first-order chi connectivity index (χ1) is 11.5. The highest BCUT2D eigenvalue weighted by Crippen LogP contribution is 2.24. The topological polar surface area (TPSA) is 50.7 Å². The monoisotopic (exact) mass is 428 g/mol. The van der Waals surface area contributed by atoms with Crippen LogP contribution in [0.15, 0.2) is 46.0 Å². The van der Waals surface area contributed by atoms with Crippen molar-refractivity contribution in [2.24, 2.45) is 5.10 Å². The molecule has 0 aliphatic heterocycles. The molecule has 0 aromatic heterocycles. The molecule has 2 aromatic rings. The second-order valence-electron chi connectivity index (χ2n) is 4.82. The van der Waals surface area contributed by atoms with Crippen molar-refractivity contribution in [1.82, 2.24) is 5.43 Å². The van der Waals surface area contributed by atoms with Crippen LogP contribution < -0.4 is 10.2 Å². The average Bonchev–Trinajstić information content (AvgIpc) is 2.56. The Morgan fingerprint density at radius 2 is 2.00 bits per heavy atom. The Morgan fingerprint density at radius 1 is 1.29 bits per heavy atom. The summed E-state index contributed by atoms with van der Waals surface area (Å²) in [4.78, 5) is 11.8. The SMILES string of the molecule is CCc1cc(Br)ccc1OCC(=O)N/N=C/c1c(Cl)cccc1Cl. The van der Waals surface area contributed by atoms with Gasteiger partial charge in [0.15, 0.2) is 6.61 Å². The first kappa shape index (κ1) is 18.8. The Hall–Kier alpha value is -1.56. The van der Waals surface area contributed by atoms with E-state index in [0.29, 0.717) is 21.4 Å². The van der Waals surface area contributed by atoms with E-state index in [9.17, 15) is 4.79 Å². The Morgan fingerprint density at radius 3 is 2.67 bits per heavy atom. The zero-order chi connectivity index (χ0) is 17.5. The minimum absolute atomic E-state index is 0.137. The van der Waals surface area contributed by atoms with Gasteiger partial charge < -0.3 is 4.74 Å². The minimum atomic E-state index is -0.376. The molecule has 2 aromatic carbocycles. The van der Waals surface area contributed by atoms with Crippen LogP contribution in [0.5, 0.6) is 5.75 Å². The number of ether oxygens (including phenoxy) is 1. The van der Waals surface area contributed by atoms with Crippen molar-refractivity contribution in [2.75, 3.05) is 6.61 Å². The van der Waals surface area contributed by atoms with Gasteiger partial charge in [-0.1, -0.05) is 52.1 Å². The Bertz CT molecular complexity index is 746. The lowest BCUT2D eigenvalue weighted by Crippen LogP contribution is -2.24. The van der Waals surface area contributed by atoms with E-state index in [-0.39, 0.29) is 12.5 Å². The van der Waals surface area contributed by atoms with Gasteiger partial charge in [-0.05, 0) is 42.3 Å². The molecule has 0 fully saturated rings. The summed E-state index contributed by atoms with van der Waals surface area (Å²) in [6, 6.07) is 10.8. The highest BCUT2D eigenvalue weighted by Gasteiger charge is 2.07. The van der Waals surface area contributed by atoms with Crippen LogP contribution in [0, 0.1) is 0 Å². The van der Waals surface area contributed by atoms with E-state index in [1.54, 1.807) is 18.2 Å². The molecule has 24 heavy (non-hydrogen) atoms. The normalized spacial score (nSPS) is 10.8. The number of nitrogens with zero attached hydrogens (tertiary/aromatic N) is 1. The van der Waals surface area contributed by atoms with Crippen molar-refractivity contribution in [3.63, 3.8) is 0 Å². The van der Waals surface area contributed by atoms with Gasteiger partial charge in [0, 0.05) is 10.0 Å². The lowest BCUT2D eigenvalue weighted by molar-refractivity contribution is -0.123. The van der Waals surface area contributed by atoms with Crippen LogP contribution >= 0.6 is 39.1 Å². The Kier molecular flexibility index (Phi) is 7.09. The number of hydrogen-bond acceptors (Lipinski definition) is 3. The molecule has 2 rings (SSSR count). The first-order valence-corrected chi connectivity index (χ1v) is 8.73. The fraction of sp³-hybridized carbons (Fsp3) is 0.176. The summed E-state index contributed by atoms with van der Waals surface area (Å²) in [7, 11) is 0. The third-order valence-electron chi connectivity index (χ3n) is 3.14. The summed E-state index contributed by atoms with van der Waals surface area (Å²) < 4.78 is 6.51. The number of amides is 1. The zero-order valence-corrected chi connectivity index (χ0v) is 16.0. The summed E-state index contributed by atoms with van der Waals surface area (Å²) in [5.41, 5.74) is 3.95. The first-order valence-electron chi connectivity index (χ1n) is 7.18. The van der Waals surface area contributed by atoms with Gasteiger partial charge in [0.1, 0.15) is 5.75 Å². The van der Waals surface area contributed by atoms with Crippen molar-refractivity contribution in [2.45, 2.75) is 13.3 Å². The predicted molar refractivity (Wildman–Crippen MR) is 101 cm³/mol. The maximum absolute atomic E-state index is 11.8. The largest absolute Gasteiger partial charge is 0.483 e. The number of carbonyl (C=O) groups excluding carboxylic acids is 1. The number of rotatable bonds is 6. The van der Waals surface area contributed by atoms with Gasteiger partial charge >= 0.3 is 0 Å². The molecule has 0 saturated carbocycles. The summed E-state index contributed by atoms with van der Waals surface area (Å²) in [5, 5.41) is 4.77. The van der Waals surface area contributed by atoms with Crippen molar-refractivity contribution in [3.8, 4) is 5.75 Å². The van der Waals surface area contributed by atoms with Gasteiger partial charge in [0.2, 0.25) is 0 Å². The Labute approximate surface area is 158 Å². The van der Waals surface area contributed by atoms with E-state index >= 15 is 0 Å². The highest BCUT2D eigenvalue weighted by molar-refractivity contribution is 9.10. The summed E-state index contributed by atoms with van der Waals surface area (Å²) in [5.74, 6) is 0.299. The minimum Gasteiger partial charge on any atom is -0.483 e. The van der Waals surface area contributed by atoms with Gasteiger partial charge in [-0.15, -0.1) is 0 Å². The number of nitrogens with one attached hydrogen (secondary N) is 1. The predicted octanol–water partition coefficient (Wildman–Crippen LogP) is 4.85. The number of halogens is 3. The summed E-state index contributed by atoms with van der Waals surface area (Å²) in [6.45, 7) is 1.88. The van der Waals surface area contributed by atoms with Crippen LogP contribution in [0.3, 0.4) is 0 Å². The van der Waals surface area contributed by atoms with Crippen molar-refractivity contribution >= 4 is 51.3 Å². The van der Waals surface area contributed by atoms with Crippen molar-refractivity contribution < 1.29 is 9.53 Å². The van der Waals surface area contributed by atoms with Gasteiger partial charge in [-0.25, -0.2) is 5.43 Å². The lowest BCUT2D eigenvalue weighted by atomic mass is 10.1. The van der Waals surface area contributed by atoms with E-state index in [4.69, 9.17) is 27.9 Å². The maximum Gasteiger partial charge on any atom is 0.277 e. The molecule has 0 aliphatic rings. The molecule has 0 heterocycles. The fourth-order valence-electron chi connectivity index (χ4n) is 1.94. The van der Waals surface area contributed by atoms with Crippen LogP contribution in [-0.4, -0.2) is 18.7 Å². The van der Waals surface area contributed by atoms with Gasteiger partial charge in [0.25, 0.3) is 5.91 Å². The molecule has 1 N–H and O–H groups in total. The third-order valence-corrected chi connectivity index (χ3v) is 4.30. The van der Waals surface area contributed by atoms with E-state index in [0.717, 1.165) is 16.5 Å². The molecule has 0 unspecified atom stereocenters. The molecule has 7 heteroatoms. The summed E-state index contributed by atoms with van der Waals surface area (Å²) in [6.07, 6.45) is 2.21. The van der Waals surface area contributed by atoms with E-state index in [1.807, 2.05) is 25.1 Å². The van der Waals surface area contributed by atoms with Crippen LogP contribution in [0.1, 0.15) is 18.1 Å². The smallest absolute Gasteiger partial charge is 0.277 e. The molecule has 0 aliphatic carbocycles.